The van der Waals surface area contributed by atoms with Gasteiger partial charge in [0.15, 0.2) is 11.9 Å². The first-order valence-electron chi connectivity index (χ1n) is 7.28. The molecule has 0 unspecified atom stereocenters. The minimum atomic E-state index is -0.912. The molecule has 1 spiro atoms. The van der Waals surface area contributed by atoms with Gasteiger partial charge in [-0.15, -0.1) is 0 Å². The maximum absolute atomic E-state index is 13.0. The summed E-state index contributed by atoms with van der Waals surface area (Å²) >= 11 is 0. The number of carbonyl (C=O) groups excluding carboxylic acids is 2. The highest BCUT2D eigenvalue weighted by Gasteiger charge is 2.60. The standard InChI is InChI=1S/C16H20O4/c1-15(2)12(11-7-6-10-19-11)20-14(18)16(13(15)17)8-4-3-5-9-16/h6-7,10,12H,3-5,8-9H2,1-2H3/t12-/m1/s1. The first-order chi connectivity index (χ1) is 9.48. The highest BCUT2D eigenvalue weighted by atomic mass is 16.6. The van der Waals surface area contributed by atoms with Crippen molar-refractivity contribution in [2.75, 3.05) is 0 Å². The van der Waals surface area contributed by atoms with Gasteiger partial charge in [-0.3, -0.25) is 9.59 Å². The van der Waals surface area contributed by atoms with Crippen molar-refractivity contribution in [2.45, 2.75) is 52.1 Å². The van der Waals surface area contributed by atoms with Gasteiger partial charge < -0.3 is 9.15 Å². The minimum absolute atomic E-state index is 0.0161. The average molecular weight is 276 g/mol. The summed E-state index contributed by atoms with van der Waals surface area (Å²) in [6.07, 6.45) is 5.09. The topological polar surface area (TPSA) is 56.5 Å². The molecule has 0 radical (unpaired) electrons. The Morgan fingerprint density at radius 1 is 1.15 bits per heavy atom. The number of cyclic esters (lactones) is 1. The third-order valence-corrected chi connectivity index (χ3v) is 4.80. The highest BCUT2D eigenvalue weighted by Crippen LogP contribution is 2.52. The molecule has 108 valence electrons. The molecule has 1 aromatic heterocycles. The summed E-state index contributed by atoms with van der Waals surface area (Å²) in [6.45, 7) is 3.70. The van der Waals surface area contributed by atoms with Crippen LogP contribution in [0, 0.1) is 10.8 Å². The molecule has 1 aromatic rings. The molecular formula is C16H20O4. The quantitative estimate of drug-likeness (QED) is 0.582. The molecule has 3 rings (SSSR count). The number of ether oxygens (including phenoxy) is 1. The molecule has 4 nitrogen and oxygen atoms in total. The van der Waals surface area contributed by atoms with Gasteiger partial charge in [-0.05, 0) is 38.8 Å². The lowest BCUT2D eigenvalue weighted by molar-refractivity contribution is -0.193. The Balaban J connectivity index is 1.99. The summed E-state index contributed by atoms with van der Waals surface area (Å²) in [5.41, 5.74) is -1.66. The van der Waals surface area contributed by atoms with E-state index in [4.69, 9.17) is 9.15 Å². The first-order valence-corrected chi connectivity index (χ1v) is 7.28. The van der Waals surface area contributed by atoms with Crippen LogP contribution in [0.2, 0.25) is 0 Å². The Morgan fingerprint density at radius 3 is 2.45 bits per heavy atom. The fourth-order valence-electron chi connectivity index (χ4n) is 3.64. The maximum Gasteiger partial charge on any atom is 0.320 e. The number of furan rings is 1. The lowest BCUT2D eigenvalue weighted by Crippen LogP contribution is -2.55. The third-order valence-electron chi connectivity index (χ3n) is 4.80. The normalized spacial score (nSPS) is 28.4. The van der Waals surface area contributed by atoms with Crippen LogP contribution in [0.4, 0.5) is 0 Å². The van der Waals surface area contributed by atoms with Gasteiger partial charge in [-0.1, -0.05) is 19.3 Å². The van der Waals surface area contributed by atoms with Crippen LogP contribution >= 0.6 is 0 Å². The first kappa shape index (κ1) is 13.4. The number of ketones is 1. The molecule has 1 saturated heterocycles. The Labute approximate surface area is 118 Å². The van der Waals surface area contributed by atoms with Gasteiger partial charge in [-0.2, -0.15) is 0 Å². The molecule has 4 heteroatoms. The molecule has 1 aliphatic heterocycles. The van der Waals surface area contributed by atoms with Crippen molar-refractivity contribution in [3.63, 3.8) is 0 Å². The molecule has 1 saturated carbocycles. The molecule has 2 heterocycles. The number of Topliss-reactive ketones (excluding diaryl/α,β-unsaturated/α-hetero) is 1. The van der Waals surface area contributed by atoms with Crippen LogP contribution in [0.5, 0.6) is 0 Å². The van der Waals surface area contributed by atoms with Crippen molar-refractivity contribution in [2.24, 2.45) is 10.8 Å². The van der Waals surface area contributed by atoms with E-state index in [0.29, 0.717) is 18.6 Å². The summed E-state index contributed by atoms with van der Waals surface area (Å²) in [6, 6.07) is 3.50. The van der Waals surface area contributed by atoms with Gasteiger partial charge in [-0.25, -0.2) is 0 Å². The maximum atomic E-state index is 13.0. The zero-order chi connectivity index (χ0) is 14.4. The molecule has 1 atom stereocenters. The molecule has 20 heavy (non-hydrogen) atoms. The van der Waals surface area contributed by atoms with Crippen LogP contribution in [-0.2, 0) is 14.3 Å². The molecule has 2 aliphatic rings. The summed E-state index contributed by atoms with van der Waals surface area (Å²) in [5, 5.41) is 0. The Kier molecular flexibility index (Phi) is 3.00. The van der Waals surface area contributed by atoms with Gasteiger partial charge in [0.1, 0.15) is 11.2 Å². The van der Waals surface area contributed by atoms with Crippen LogP contribution in [0.3, 0.4) is 0 Å². The summed E-state index contributed by atoms with van der Waals surface area (Å²) in [4.78, 5) is 25.5. The van der Waals surface area contributed by atoms with Crippen molar-refractivity contribution >= 4 is 11.8 Å². The van der Waals surface area contributed by atoms with Gasteiger partial charge in [0, 0.05) is 0 Å². The van der Waals surface area contributed by atoms with E-state index in [1.807, 2.05) is 13.8 Å². The predicted octanol–water partition coefficient (Wildman–Crippen LogP) is 3.42. The second-order valence-corrected chi connectivity index (χ2v) is 6.49. The van der Waals surface area contributed by atoms with Gasteiger partial charge in [0.25, 0.3) is 0 Å². The van der Waals surface area contributed by atoms with Crippen molar-refractivity contribution < 1.29 is 18.7 Å². The number of esters is 1. The predicted molar refractivity (Wildman–Crippen MR) is 71.8 cm³/mol. The van der Waals surface area contributed by atoms with E-state index in [9.17, 15) is 9.59 Å². The number of carbonyl (C=O) groups is 2. The van der Waals surface area contributed by atoms with Crippen LogP contribution in [0.15, 0.2) is 22.8 Å². The lowest BCUT2D eigenvalue weighted by Gasteiger charge is -2.46. The summed E-state index contributed by atoms with van der Waals surface area (Å²) in [5.74, 6) is 0.202. The Morgan fingerprint density at radius 2 is 1.85 bits per heavy atom. The van der Waals surface area contributed by atoms with E-state index in [0.717, 1.165) is 19.3 Å². The second kappa shape index (κ2) is 4.47. The molecule has 2 fully saturated rings. The smallest absolute Gasteiger partial charge is 0.320 e. The van der Waals surface area contributed by atoms with E-state index in [-0.39, 0.29) is 11.8 Å². The van der Waals surface area contributed by atoms with Crippen molar-refractivity contribution in [3.8, 4) is 0 Å². The summed E-state index contributed by atoms with van der Waals surface area (Å²) < 4.78 is 11.0. The minimum Gasteiger partial charge on any atom is -0.465 e. The van der Waals surface area contributed by atoms with Crippen molar-refractivity contribution in [1.29, 1.82) is 0 Å². The summed E-state index contributed by atoms with van der Waals surface area (Å²) in [7, 11) is 0. The molecule has 0 aromatic carbocycles. The monoisotopic (exact) mass is 276 g/mol. The van der Waals surface area contributed by atoms with Crippen molar-refractivity contribution in [3.05, 3.63) is 24.2 Å². The number of hydrogen-bond acceptors (Lipinski definition) is 4. The van der Waals surface area contributed by atoms with E-state index < -0.39 is 16.9 Å². The Hall–Kier alpha value is -1.58. The Bertz CT molecular complexity index is 521. The zero-order valence-electron chi connectivity index (χ0n) is 12.0. The number of rotatable bonds is 1. The molecule has 0 bridgehead atoms. The largest absolute Gasteiger partial charge is 0.465 e. The SMILES string of the molecule is CC1(C)C(=O)C2(CCCCC2)C(=O)O[C@@H]1c1ccco1. The van der Waals surface area contributed by atoms with E-state index in [1.165, 1.54) is 6.26 Å². The van der Waals surface area contributed by atoms with Crippen LogP contribution in [0.1, 0.15) is 57.8 Å². The molecular weight excluding hydrogens is 256 g/mol. The van der Waals surface area contributed by atoms with E-state index in [2.05, 4.69) is 0 Å². The molecule has 0 amide bonds. The molecule has 0 N–H and O–H groups in total. The van der Waals surface area contributed by atoms with Crippen molar-refractivity contribution in [1.82, 2.24) is 0 Å². The van der Waals surface area contributed by atoms with Gasteiger partial charge in [0.05, 0.1) is 11.7 Å². The molecule has 1 aliphatic carbocycles. The van der Waals surface area contributed by atoms with Crippen LogP contribution < -0.4 is 0 Å². The third kappa shape index (κ3) is 1.74. The van der Waals surface area contributed by atoms with Crippen LogP contribution in [0.25, 0.3) is 0 Å². The van der Waals surface area contributed by atoms with E-state index >= 15 is 0 Å². The van der Waals surface area contributed by atoms with Crippen LogP contribution in [-0.4, -0.2) is 11.8 Å². The fraction of sp³-hybridized carbons (Fsp3) is 0.625. The fourth-order valence-corrected chi connectivity index (χ4v) is 3.64. The second-order valence-electron chi connectivity index (χ2n) is 6.49. The highest BCUT2D eigenvalue weighted by molar-refractivity contribution is 6.08. The van der Waals surface area contributed by atoms with E-state index in [1.54, 1.807) is 12.1 Å². The van der Waals surface area contributed by atoms with Gasteiger partial charge >= 0.3 is 5.97 Å². The zero-order valence-corrected chi connectivity index (χ0v) is 12.0. The lowest BCUT2D eigenvalue weighted by atomic mass is 9.61. The number of hydrogen-bond donors (Lipinski definition) is 0. The van der Waals surface area contributed by atoms with Gasteiger partial charge in [0.2, 0.25) is 0 Å². The average Bonchev–Trinajstić information content (AvgIpc) is 2.96.